The normalized spacial score (nSPS) is 13.9. The van der Waals surface area contributed by atoms with Crippen LogP contribution < -0.4 is 5.32 Å². The molecule has 0 fully saturated rings. The standard InChI is InChI=1S/C13H25N3S/c1-6-12(9-17-5)16-8-11(14-10-16)7-15-13(2,3)4/h8,10,12,15H,6-7,9H2,1-5H3. The third-order valence-electron chi connectivity index (χ3n) is 2.71. The van der Waals surface area contributed by atoms with Crippen LogP contribution in [0.2, 0.25) is 0 Å². The maximum atomic E-state index is 4.46. The van der Waals surface area contributed by atoms with E-state index in [-0.39, 0.29) is 5.54 Å². The van der Waals surface area contributed by atoms with Gasteiger partial charge in [-0.05, 0) is 33.4 Å². The highest BCUT2D eigenvalue weighted by atomic mass is 32.2. The van der Waals surface area contributed by atoms with Gasteiger partial charge in [-0.15, -0.1) is 0 Å². The van der Waals surface area contributed by atoms with Gasteiger partial charge in [0.25, 0.3) is 0 Å². The van der Waals surface area contributed by atoms with Crippen LogP contribution in [0.25, 0.3) is 0 Å². The molecule has 0 aromatic carbocycles. The Hall–Kier alpha value is -0.480. The topological polar surface area (TPSA) is 29.9 Å². The van der Waals surface area contributed by atoms with Crippen LogP contribution in [-0.2, 0) is 6.54 Å². The van der Waals surface area contributed by atoms with Gasteiger partial charge < -0.3 is 9.88 Å². The fraction of sp³-hybridized carbons (Fsp3) is 0.769. The first kappa shape index (κ1) is 14.6. The molecule has 0 bridgehead atoms. The molecule has 0 amide bonds. The minimum absolute atomic E-state index is 0.146. The molecule has 0 aliphatic rings. The zero-order chi connectivity index (χ0) is 12.9. The molecule has 0 saturated heterocycles. The van der Waals surface area contributed by atoms with Crippen LogP contribution in [-0.4, -0.2) is 27.1 Å². The molecule has 0 radical (unpaired) electrons. The van der Waals surface area contributed by atoms with Gasteiger partial charge in [0.2, 0.25) is 0 Å². The molecule has 1 unspecified atom stereocenters. The highest BCUT2D eigenvalue weighted by Crippen LogP contribution is 2.16. The fourth-order valence-corrected chi connectivity index (χ4v) is 2.43. The molecule has 0 saturated carbocycles. The summed E-state index contributed by atoms with van der Waals surface area (Å²) in [5.41, 5.74) is 1.27. The van der Waals surface area contributed by atoms with Gasteiger partial charge in [0.15, 0.2) is 0 Å². The van der Waals surface area contributed by atoms with Crippen LogP contribution in [0.5, 0.6) is 0 Å². The zero-order valence-electron chi connectivity index (χ0n) is 11.7. The lowest BCUT2D eigenvalue weighted by Gasteiger charge is -2.19. The summed E-state index contributed by atoms with van der Waals surface area (Å²) in [6, 6.07) is 0.570. The van der Waals surface area contributed by atoms with Gasteiger partial charge in [0.05, 0.1) is 12.0 Å². The smallest absolute Gasteiger partial charge is 0.0952 e. The molecule has 98 valence electrons. The van der Waals surface area contributed by atoms with Crippen molar-refractivity contribution in [3.63, 3.8) is 0 Å². The molecule has 0 aliphatic heterocycles. The predicted octanol–water partition coefficient (Wildman–Crippen LogP) is 3.09. The second-order valence-electron chi connectivity index (χ2n) is 5.43. The number of thioether (sulfide) groups is 1. The van der Waals surface area contributed by atoms with E-state index in [1.165, 1.54) is 0 Å². The van der Waals surface area contributed by atoms with E-state index in [2.05, 4.69) is 55.0 Å². The molecule has 1 atom stereocenters. The van der Waals surface area contributed by atoms with Crippen molar-refractivity contribution < 1.29 is 0 Å². The highest BCUT2D eigenvalue weighted by molar-refractivity contribution is 7.98. The Morgan fingerprint density at radius 3 is 2.71 bits per heavy atom. The Morgan fingerprint density at radius 2 is 2.18 bits per heavy atom. The van der Waals surface area contributed by atoms with E-state index in [1.807, 2.05) is 18.1 Å². The summed E-state index contributed by atoms with van der Waals surface area (Å²) in [6.07, 6.45) is 7.44. The molecule has 4 heteroatoms. The Kier molecular flexibility index (Phi) is 5.53. The van der Waals surface area contributed by atoms with Crippen LogP contribution in [0.1, 0.15) is 45.9 Å². The van der Waals surface area contributed by atoms with Crippen molar-refractivity contribution in [1.29, 1.82) is 0 Å². The maximum Gasteiger partial charge on any atom is 0.0952 e. The van der Waals surface area contributed by atoms with E-state index in [1.54, 1.807) is 0 Å². The average molecular weight is 255 g/mol. The van der Waals surface area contributed by atoms with Crippen molar-refractivity contribution in [3.05, 3.63) is 18.2 Å². The van der Waals surface area contributed by atoms with Crippen molar-refractivity contribution in [2.24, 2.45) is 0 Å². The van der Waals surface area contributed by atoms with Crippen molar-refractivity contribution in [2.45, 2.75) is 52.2 Å². The summed E-state index contributed by atoms with van der Waals surface area (Å²) in [5.74, 6) is 1.15. The fourth-order valence-electron chi connectivity index (χ4n) is 1.63. The van der Waals surface area contributed by atoms with E-state index in [4.69, 9.17) is 0 Å². The minimum atomic E-state index is 0.146. The Labute approximate surface area is 109 Å². The lowest BCUT2D eigenvalue weighted by molar-refractivity contribution is 0.421. The first-order valence-electron chi connectivity index (χ1n) is 6.22. The molecule has 0 aliphatic carbocycles. The van der Waals surface area contributed by atoms with Gasteiger partial charge in [-0.3, -0.25) is 0 Å². The summed E-state index contributed by atoms with van der Waals surface area (Å²) in [5, 5.41) is 3.46. The number of imidazole rings is 1. The molecule has 3 nitrogen and oxygen atoms in total. The molecule has 1 N–H and O–H groups in total. The van der Waals surface area contributed by atoms with Gasteiger partial charge in [-0.1, -0.05) is 6.92 Å². The number of nitrogens with one attached hydrogen (secondary N) is 1. The minimum Gasteiger partial charge on any atom is -0.333 e. The number of nitrogens with zero attached hydrogens (tertiary/aromatic N) is 2. The molecular weight excluding hydrogens is 230 g/mol. The number of hydrogen-bond donors (Lipinski definition) is 1. The molecule has 17 heavy (non-hydrogen) atoms. The van der Waals surface area contributed by atoms with Crippen molar-refractivity contribution >= 4 is 11.8 Å². The largest absolute Gasteiger partial charge is 0.333 e. The van der Waals surface area contributed by atoms with Crippen LogP contribution in [0.15, 0.2) is 12.5 Å². The van der Waals surface area contributed by atoms with Crippen LogP contribution in [0.4, 0.5) is 0 Å². The second kappa shape index (κ2) is 6.45. The average Bonchev–Trinajstić information content (AvgIpc) is 2.70. The van der Waals surface area contributed by atoms with E-state index in [9.17, 15) is 0 Å². The zero-order valence-corrected chi connectivity index (χ0v) is 12.5. The monoisotopic (exact) mass is 255 g/mol. The van der Waals surface area contributed by atoms with Gasteiger partial charge in [0, 0.05) is 30.1 Å². The molecule has 1 aromatic rings. The lowest BCUT2D eigenvalue weighted by Crippen LogP contribution is -2.35. The molecule has 0 spiro atoms. The molecular formula is C13H25N3S. The second-order valence-corrected chi connectivity index (χ2v) is 6.34. The molecule has 1 rings (SSSR count). The molecule has 1 heterocycles. The summed E-state index contributed by atoms with van der Waals surface area (Å²) >= 11 is 1.89. The third-order valence-corrected chi connectivity index (χ3v) is 3.42. The van der Waals surface area contributed by atoms with Crippen LogP contribution >= 0.6 is 11.8 Å². The van der Waals surface area contributed by atoms with E-state index >= 15 is 0 Å². The summed E-state index contributed by atoms with van der Waals surface area (Å²) < 4.78 is 2.25. The molecule has 1 aromatic heterocycles. The Balaban J connectivity index is 2.58. The van der Waals surface area contributed by atoms with Crippen molar-refractivity contribution in [2.75, 3.05) is 12.0 Å². The Bertz CT molecular complexity index is 328. The third kappa shape index (κ3) is 5.13. The predicted molar refractivity (Wildman–Crippen MR) is 76.5 cm³/mol. The van der Waals surface area contributed by atoms with Crippen LogP contribution in [0, 0.1) is 0 Å². The van der Waals surface area contributed by atoms with Crippen LogP contribution in [0.3, 0.4) is 0 Å². The van der Waals surface area contributed by atoms with Crippen molar-refractivity contribution in [3.8, 4) is 0 Å². The van der Waals surface area contributed by atoms with Gasteiger partial charge in [0.1, 0.15) is 0 Å². The first-order chi connectivity index (χ1) is 7.96. The first-order valence-corrected chi connectivity index (χ1v) is 7.62. The summed E-state index contributed by atoms with van der Waals surface area (Å²) in [4.78, 5) is 4.46. The van der Waals surface area contributed by atoms with Crippen molar-refractivity contribution in [1.82, 2.24) is 14.9 Å². The summed E-state index contributed by atoms with van der Waals surface area (Å²) in [6.45, 7) is 9.59. The highest BCUT2D eigenvalue weighted by Gasteiger charge is 2.12. The quantitative estimate of drug-likeness (QED) is 0.847. The lowest BCUT2D eigenvalue weighted by atomic mass is 10.1. The van der Waals surface area contributed by atoms with E-state index in [0.717, 1.165) is 24.4 Å². The van der Waals surface area contributed by atoms with Gasteiger partial charge in [-0.25, -0.2) is 4.98 Å². The van der Waals surface area contributed by atoms with Gasteiger partial charge in [-0.2, -0.15) is 11.8 Å². The number of hydrogen-bond acceptors (Lipinski definition) is 3. The Morgan fingerprint density at radius 1 is 1.47 bits per heavy atom. The van der Waals surface area contributed by atoms with Gasteiger partial charge >= 0.3 is 0 Å². The summed E-state index contributed by atoms with van der Waals surface area (Å²) in [7, 11) is 0. The van der Waals surface area contributed by atoms with E-state index in [0.29, 0.717) is 6.04 Å². The number of rotatable bonds is 6. The SMILES string of the molecule is CCC(CSC)n1cnc(CNC(C)(C)C)c1. The van der Waals surface area contributed by atoms with E-state index < -0.39 is 0 Å². The maximum absolute atomic E-state index is 4.46. The number of aromatic nitrogens is 2.